The van der Waals surface area contributed by atoms with Crippen LogP contribution < -0.4 is 10.6 Å². The summed E-state index contributed by atoms with van der Waals surface area (Å²) in [6.07, 6.45) is 0.288. The van der Waals surface area contributed by atoms with Crippen molar-refractivity contribution in [3.8, 4) is 6.07 Å². The summed E-state index contributed by atoms with van der Waals surface area (Å²) in [4.78, 5) is 46.7. The predicted octanol–water partition coefficient (Wildman–Crippen LogP) is -2.11. The first-order valence-corrected chi connectivity index (χ1v) is 5.30. The fraction of sp³-hybridized carbons (Fsp3) is 0.500. The molecule has 2 N–H and O–H groups in total. The van der Waals surface area contributed by atoms with Gasteiger partial charge in [-0.15, -0.1) is 0 Å². The minimum Gasteiger partial charge on any atom is -0.335 e. The maximum atomic E-state index is 11.7. The number of amides is 4. The molecule has 0 radical (unpaired) electrons. The number of carbonyl (C=O) groups excluding carboxylic acids is 4. The minimum absolute atomic E-state index is 0.288. The van der Waals surface area contributed by atoms with Crippen LogP contribution in [0.5, 0.6) is 0 Å². The second-order valence-corrected chi connectivity index (χ2v) is 3.61. The van der Waals surface area contributed by atoms with Crippen LogP contribution in [0.25, 0.3) is 0 Å². The molecule has 1 saturated heterocycles. The van der Waals surface area contributed by atoms with Crippen molar-refractivity contribution in [2.24, 2.45) is 0 Å². The maximum Gasteiger partial charge on any atom is 0.313 e. The number of rotatable bonds is 2. The Morgan fingerprint density at radius 2 is 2.22 bits per heavy atom. The third-order valence-electron chi connectivity index (χ3n) is 2.43. The minimum atomic E-state index is -1.00. The van der Waals surface area contributed by atoms with Gasteiger partial charge in [0.05, 0.1) is 6.07 Å². The lowest BCUT2D eigenvalue weighted by Gasteiger charge is -2.32. The molecule has 0 aromatic carbocycles. The van der Waals surface area contributed by atoms with Gasteiger partial charge in [0, 0.05) is 0 Å². The van der Waals surface area contributed by atoms with Crippen LogP contribution in [0.1, 0.15) is 13.3 Å². The van der Waals surface area contributed by atoms with Crippen molar-refractivity contribution in [1.82, 2.24) is 15.5 Å². The molecule has 8 heteroatoms. The molecule has 1 atom stereocenters. The van der Waals surface area contributed by atoms with Crippen molar-refractivity contribution in [2.45, 2.75) is 19.4 Å². The molecule has 0 aromatic rings. The van der Waals surface area contributed by atoms with E-state index in [1.807, 2.05) is 0 Å². The number of nitrogens with zero attached hydrogens (tertiary/aromatic N) is 2. The lowest BCUT2D eigenvalue weighted by atomic mass is 10.1. The Bertz CT molecular complexity index is 440. The molecule has 1 unspecified atom stereocenters. The molecular formula is C10H12N4O4. The summed E-state index contributed by atoms with van der Waals surface area (Å²) in [6.45, 7) is 1.01. The highest BCUT2D eigenvalue weighted by Crippen LogP contribution is 2.09. The van der Waals surface area contributed by atoms with E-state index >= 15 is 0 Å². The fourth-order valence-electron chi connectivity index (χ4n) is 1.61. The van der Waals surface area contributed by atoms with Crippen molar-refractivity contribution >= 4 is 23.6 Å². The molecular weight excluding hydrogens is 240 g/mol. The van der Waals surface area contributed by atoms with Gasteiger partial charge in [0.15, 0.2) is 0 Å². The average Bonchev–Trinajstić information content (AvgIpc) is 2.34. The largest absolute Gasteiger partial charge is 0.335 e. The summed E-state index contributed by atoms with van der Waals surface area (Å²) in [7, 11) is 0. The van der Waals surface area contributed by atoms with Gasteiger partial charge in [0.25, 0.3) is 0 Å². The van der Waals surface area contributed by atoms with Crippen LogP contribution in [0, 0.1) is 11.3 Å². The van der Waals surface area contributed by atoms with E-state index in [0.717, 1.165) is 4.90 Å². The smallest absolute Gasteiger partial charge is 0.313 e. The highest BCUT2D eigenvalue weighted by Gasteiger charge is 2.37. The zero-order chi connectivity index (χ0) is 13.7. The molecule has 1 fully saturated rings. The standard InChI is InChI=1S/C10H12N4O4/c1-2-6-8(16)13-7(15)5-14(6)10(18)9(17)12-4-3-11/h6H,2,4-5H2,1H3,(H,12,17)(H,13,15,16). The van der Waals surface area contributed by atoms with Gasteiger partial charge in [-0.3, -0.25) is 24.5 Å². The van der Waals surface area contributed by atoms with Gasteiger partial charge >= 0.3 is 11.8 Å². The SMILES string of the molecule is CCC1C(=O)NC(=O)CN1C(=O)C(=O)NCC#N. The van der Waals surface area contributed by atoms with E-state index in [1.54, 1.807) is 13.0 Å². The van der Waals surface area contributed by atoms with E-state index in [2.05, 4.69) is 10.6 Å². The zero-order valence-corrected chi connectivity index (χ0v) is 9.73. The number of nitriles is 1. The number of imide groups is 1. The second-order valence-electron chi connectivity index (χ2n) is 3.61. The second kappa shape index (κ2) is 5.77. The Labute approximate surface area is 103 Å². The molecule has 8 nitrogen and oxygen atoms in total. The molecule has 1 aliphatic rings. The Kier molecular flexibility index (Phi) is 4.37. The van der Waals surface area contributed by atoms with E-state index in [0.29, 0.717) is 0 Å². The first-order chi connectivity index (χ1) is 8.51. The van der Waals surface area contributed by atoms with Gasteiger partial charge in [-0.2, -0.15) is 5.26 Å². The molecule has 0 saturated carbocycles. The van der Waals surface area contributed by atoms with Crippen LogP contribution in [0.15, 0.2) is 0 Å². The van der Waals surface area contributed by atoms with Gasteiger partial charge < -0.3 is 10.2 Å². The lowest BCUT2D eigenvalue weighted by molar-refractivity contribution is -0.154. The van der Waals surface area contributed by atoms with Gasteiger partial charge in [0.2, 0.25) is 11.8 Å². The number of piperazine rings is 1. The number of carbonyl (C=O) groups is 4. The molecule has 1 heterocycles. The summed E-state index contributed by atoms with van der Waals surface area (Å²) >= 11 is 0. The predicted molar refractivity (Wildman–Crippen MR) is 57.6 cm³/mol. The average molecular weight is 252 g/mol. The van der Waals surface area contributed by atoms with Gasteiger partial charge in [-0.1, -0.05) is 6.92 Å². The van der Waals surface area contributed by atoms with E-state index < -0.39 is 29.7 Å². The Morgan fingerprint density at radius 3 is 2.78 bits per heavy atom. The molecule has 18 heavy (non-hydrogen) atoms. The quantitative estimate of drug-likeness (QED) is 0.331. The molecule has 0 spiro atoms. The summed E-state index contributed by atoms with van der Waals surface area (Å²) in [6, 6.07) is 0.806. The summed E-state index contributed by atoms with van der Waals surface area (Å²) in [5, 5.41) is 12.4. The number of hydrogen-bond acceptors (Lipinski definition) is 5. The summed E-state index contributed by atoms with van der Waals surface area (Å²) < 4.78 is 0. The highest BCUT2D eigenvalue weighted by molar-refractivity contribution is 6.36. The first kappa shape index (κ1) is 13.6. The molecule has 0 bridgehead atoms. The molecule has 1 rings (SSSR count). The normalized spacial score (nSPS) is 18.9. The maximum absolute atomic E-state index is 11.7. The van der Waals surface area contributed by atoms with Crippen LogP contribution >= 0.6 is 0 Å². The van der Waals surface area contributed by atoms with Crippen LogP contribution in [0.4, 0.5) is 0 Å². The van der Waals surface area contributed by atoms with Crippen LogP contribution in [0.3, 0.4) is 0 Å². The van der Waals surface area contributed by atoms with Crippen LogP contribution in [0.2, 0.25) is 0 Å². The van der Waals surface area contributed by atoms with Gasteiger partial charge in [0.1, 0.15) is 19.1 Å². The Hall–Kier alpha value is -2.43. The topological polar surface area (TPSA) is 119 Å². The van der Waals surface area contributed by atoms with E-state index in [1.165, 1.54) is 0 Å². The van der Waals surface area contributed by atoms with Gasteiger partial charge in [-0.25, -0.2) is 0 Å². The third kappa shape index (κ3) is 2.82. The van der Waals surface area contributed by atoms with Crippen LogP contribution in [-0.2, 0) is 19.2 Å². The number of nitrogens with one attached hydrogen (secondary N) is 2. The summed E-state index contributed by atoms with van der Waals surface area (Å²) in [5.41, 5.74) is 0. The van der Waals surface area contributed by atoms with Crippen molar-refractivity contribution in [2.75, 3.05) is 13.1 Å². The van der Waals surface area contributed by atoms with Gasteiger partial charge in [-0.05, 0) is 6.42 Å². The summed E-state index contributed by atoms with van der Waals surface area (Å²) in [5.74, 6) is -3.22. The monoisotopic (exact) mass is 252 g/mol. The first-order valence-electron chi connectivity index (χ1n) is 5.30. The lowest BCUT2D eigenvalue weighted by Crippen LogP contribution is -2.61. The molecule has 0 aromatic heterocycles. The zero-order valence-electron chi connectivity index (χ0n) is 9.73. The van der Waals surface area contributed by atoms with Crippen molar-refractivity contribution in [3.05, 3.63) is 0 Å². The van der Waals surface area contributed by atoms with E-state index in [9.17, 15) is 19.2 Å². The van der Waals surface area contributed by atoms with Crippen molar-refractivity contribution in [3.63, 3.8) is 0 Å². The highest BCUT2D eigenvalue weighted by atomic mass is 16.2. The fourth-order valence-corrected chi connectivity index (χ4v) is 1.61. The number of hydrogen-bond donors (Lipinski definition) is 2. The van der Waals surface area contributed by atoms with E-state index in [-0.39, 0.29) is 19.5 Å². The van der Waals surface area contributed by atoms with Crippen molar-refractivity contribution < 1.29 is 19.2 Å². The molecule has 96 valence electrons. The van der Waals surface area contributed by atoms with Crippen molar-refractivity contribution in [1.29, 1.82) is 5.26 Å². The third-order valence-corrected chi connectivity index (χ3v) is 2.43. The van der Waals surface area contributed by atoms with E-state index in [4.69, 9.17) is 5.26 Å². The molecule has 0 aliphatic carbocycles. The molecule has 4 amide bonds. The Balaban J connectivity index is 2.81. The molecule has 1 aliphatic heterocycles. The Morgan fingerprint density at radius 1 is 1.56 bits per heavy atom. The van der Waals surface area contributed by atoms with Crippen LogP contribution in [-0.4, -0.2) is 47.7 Å².